The summed E-state index contributed by atoms with van der Waals surface area (Å²) in [5.41, 5.74) is 0. The van der Waals surface area contributed by atoms with Crippen LogP contribution < -0.4 is 5.32 Å². The molecule has 116 valence electrons. The summed E-state index contributed by atoms with van der Waals surface area (Å²) in [5, 5.41) is 3.32. The number of hydrogen-bond donors (Lipinski definition) is 1. The SMILES string of the molecule is CCCN(C(=O)CC1CCS(=O)(=O)C1)C1CCNCC1. The molecule has 0 aliphatic carbocycles. The molecule has 0 aromatic rings. The smallest absolute Gasteiger partial charge is 0.223 e. The van der Waals surface area contributed by atoms with Crippen LogP contribution in [0.5, 0.6) is 0 Å². The molecule has 0 saturated carbocycles. The van der Waals surface area contributed by atoms with E-state index in [0.717, 1.165) is 38.9 Å². The molecule has 1 unspecified atom stereocenters. The van der Waals surface area contributed by atoms with Crippen LogP contribution in [0.15, 0.2) is 0 Å². The van der Waals surface area contributed by atoms with E-state index in [2.05, 4.69) is 12.2 Å². The Labute approximate surface area is 122 Å². The van der Waals surface area contributed by atoms with Gasteiger partial charge in [0.15, 0.2) is 9.84 Å². The summed E-state index contributed by atoms with van der Waals surface area (Å²) < 4.78 is 23.0. The van der Waals surface area contributed by atoms with E-state index in [1.165, 1.54) is 0 Å². The Balaban J connectivity index is 1.92. The summed E-state index contributed by atoms with van der Waals surface area (Å²) in [6.07, 6.45) is 4.03. The van der Waals surface area contributed by atoms with Crippen molar-refractivity contribution in [3.8, 4) is 0 Å². The number of nitrogens with one attached hydrogen (secondary N) is 1. The van der Waals surface area contributed by atoms with E-state index in [-0.39, 0.29) is 23.3 Å². The van der Waals surface area contributed by atoms with Gasteiger partial charge in [0.1, 0.15) is 0 Å². The van der Waals surface area contributed by atoms with E-state index >= 15 is 0 Å². The van der Waals surface area contributed by atoms with Gasteiger partial charge in [0.2, 0.25) is 5.91 Å². The molecule has 0 bridgehead atoms. The standard InChI is InChI=1S/C14H26N2O3S/c1-2-8-16(13-3-6-15-7-4-13)14(17)10-12-5-9-20(18,19)11-12/h12-13,15H,2-11H2,1H3. The van der Waals surface area contributed by atoms with E-state index < -0.39 is 9.84 Å². The Morgan fingerprint density at radius 2 is 1.95 bits per heavy atom. The predicted molar refractivity (Wildman–Crippen MR) is 79.3 cm³/mol. The third-order valence-electron chi connectivity index (χ3n) is 4.32. The third kappa shape index (κ3) is 4.19. The van der Waals surface area contributed by atoms with Crippen LogP contribution in [-0.4, -0.2) is 56.4 Å². The van der Waals surface area contributed by atoms with Crippen molar-refractivity contribution in [1.82, 2.24) is 10.2 Å². The highest BCUT2D eigenvalue weighted by molar-refractivity contribution is 7.91. The summed E-state index contributed by atoms with van der Waals surface area (Å²) in [6.45, 7) is 4.82. The lowest BCUT2D eigenvalue weighted by molar-refractivity contribution is -0.135. The van der Waals surface area contributed by atoms with Gasteiger partial charge in [0.05, 0.1) is 11.5 Å². The van der Waals surface area contributed by atoms with Crippen molar-refractivity contribution in [2.24, 2.45) is 5.92 Å². The molecule has 2 aliphatic heterocycles. The van der Waals surface area contributed by atoms with Crippen LogP contribution in [0, 0.1) is 5.92 Å². The second kappa shape index (κ2) is 6.89. The van der Waals surface area contributed by atoms with Gasteiger partial charge in [-0.15, -0.1) is 0 Å². The van der Waals surface area contributed by atoms with Gasteiger partial charge in [0, 0.05) is 19.0 Å². The Morgan fingerprint density at radius 1 is 1.25 bits per heavy atom. The predicted octanol–water partition coefficient (Wildman–Crippen LogP) is 0.802. The van der Waals surface area contributed by atoms with Crippen molar-refractivity contribution >= 4 is 15.7 Å². The molecule has 0 aromatic heterocycles. The van der Waals surface area contributed by atoms with Crippen molar-refractivity contribution in [3.05, 3.63) is 0 Å². The van der Waals surface area contributed by atoms with Crippen molar-refractivity contribution in [2.75, 3.05) is 31.1 Å². The number of hydrogen-bond acceptors (Lipinski definition) is 4. The van der Waals surface area contributed by atoms with Crippen molar-refractivity contribution < 1.29 is 13.2 Å². The number of amides is 1. The zero-order valence-electron chi connectivity index (χ0n) is 12.3. The first kappa shape index (κ1) is 15.8. The van der Waals surface area contributed by atoms with E-state index in [4.69, 9.17) is 0 Å². The highest BCUT2D eigenvalue weighted by Crippen LogP contribution is 2.24. The average molecular weight is 302 g/mol. The molecule has 0 aromatic carbocycles. The summed E-state index contributed by atoms with van der Waals surface area (Å²) in [4.78, 5) is 14.5. The van der Waals surface area contributed by atoms with Crippen molar-refractivity contribution in [3.63, 3.8) is 0 Å². The van der Waals surface area contributed by atoms with Crippen LogP contribution >= 0.6 is 0 Å². The molecule has 0 radical (unpaired) electrons. The molecule has 5 nitrogen and oxygen atoms in total. The molecule has 2 rings (SSSR count). The van der Waals surface area contributed by atoms with Gasteiger partial charge < -0.3 is 10.2 Å². The Bertz CT molecular complexity index is 430. The Morgan fingerprint density at radius 3 is 2.50 bits per heavy atom. The van der Waals surface area contributed by atoms with Crippen LogP contribution in [0.1, 0.15) is 39.0 Å². The van der Waals surface area contributed by atoms with Crippen molar-refractivity contribution in [2.45, 2.75) is 45.1 Å². The fraction of sp³-hybridized carbons (Fsp3) is 0.929. The number of piperidine rings is 1. The summed E-state index contributed by atoms with van der Waals surface area (Å²) in [5.74, 6) is 0.645. The highest BCUT2D eigenvalue weighted by Gasteiger charge is 2.32. The van der Waals surface area contributed by atoms with Gasteiger partial charge in [-0.2, -0.15) is 0 Å². The molecule has 20 heavy (non-hydrogen) atoms. The van der Waals surface area contributed by atoms with E-state index in [1.54, 1.807) is 0 Å². The normalized spacial score (nSPS) is 26.6. The van der Waals surface area contributed by atoms with E-state index in [0.29, 0.717) is 18.9 Å². The lowest BCUT2D eigenvalue weighted by atomic mass is 10.0. The molecule has 0 spiro atoms. The maximum atomic E-state index is 12.5. The molecule has 2 fully saturated rings. The van der Waals surface area contributed by atoms with Crippen LogP contribution in [-0.2, 0) is 14.6 Å². The fourth-order valence-electron chi connectivity index (χ4n) is 3.27. The van der Waals surface area contributed by atoms with Crippen molar-refractivity contribution in [1.29, 1.82) is 0 Å². The zero-order valence-corrected chi connectivity index (χ0v) is 13.1. The Kier molecular flexibility index (Phi) is 5.43. The number of nitrogens with zero attached hydrogens (tertiary/aromatic N) is 1. The molecule has 1 atom stereocenters. The summed E-state index contributed by atoms with van der Waals surface area (Å²) in [6, 6.07) is 0.335. The van der Waals surface area contributed by atoms with Gasteiger partial charge >= 0.3 is 0 Å². The van der Waals surface area contributed by atoms with Crippen LogP contribution in [0.3, 0.4) is 0 Å². The largest absolute Gasteiger partial charge is 0.340 e. The van der Waals surface area contributed by atoms with Gasteiger partial charge in [-0.25, -0.2) is 8.42 Å². The minimum absolute atomic E-state index is 0.0357. The maximum Gasteiger partial charge on any atom is 0.223 e. The molecule has 1 amide bonds. The van der Waals surface area contributed by atoms with E-state index in [9.17, 15) is 13.2 Å². The van der Waals surface area contributed by atoms with Gasteiger partial charge in [-0.3, -0.25) is 4.79 Å². The third-order valence-corrected chi connectivity index (χ3v) is 6.16. The summed E-state index contributed by atoms with van der Waals surface area (Å²) >= 11 is 0. The number of carbonyl (C=O) groups excluding carboxylic acids is 1. The molecule has 2 saturated heterocycles. The number of sulfone groups is 1. The molecule has 2 aliphatic rings. The number of carbonyl (C=O) groups is 1. The fourth-order valence-corrected chi connectivity index (χ4v) is 5.13. The molecule has 1 N–H and O–H groups in total. The number of rotatable bonds is 5. The minimum Gasteiger partial charge on any atom is -0.340 e. The second-order valence-electron chi connectivity index (χ2n) is 6.04. The van der Waals surface area contributed by atoms with Gasteiger partial charge in [0.25, 0.3) is 0 Å². The van der Waals surface area contributed by atoms with Crippen LogP contribution in [0.25, 0.3) is 0 Å². The first-order chi connectivity index (χ1) is 9.52. The van der Waals surface area contributed by atoms with Crippen LogP contribution in [0.2, 0.25) is 0 Å². The lowest BCUT2D eigenvalue weighted by Crippen LogP contribution is -2.46. The first-order valence-corrected chi connectivity index (χ1v) is 9.54. The monoisotopic (exact) mass is 302 g/mol. The van der Waals surface area contributed by atoms with Crippen LogP contribution in [0.4, 0.5) is 0 Å². The molecular weight excluding hydrogens is 276 g/mol. The van der Waals surface area contributed by atoms with E-state index in [1.807, 2.05) is 4.90 Å². The Hall–Kier alpha value is -0.620. The lowest BCUT2D eigenvalue weighted by Gasteiger charge is -2.35. The molecule has 6 heteroatoms. The molecule has 2 heterocycles. The average Bonchev–Trinajstić information content (AvgIpc) is 2.76. The minimum atomic E-state index is -2.88. The topological polar surface area (TPSA) is 66.5 Å². The zero-order chi connectivity index (χ0) is 14.6. The maximum absolute atomic E-state index is 12.5. The second-order valence-corrected chi connectivity index (χ2v) is 8.27. The first-order valence-electron chi connectivity index (χ1n) is 7.72. The summed E-state index contributed by atoms with van der Waals surface area (Å²) in [7, 11) is -2.88. The molecular formula is C14H26N2O3S. The van der Waals surface area contributed by atoms with Gasteiger partial charge in [-0.1, -0.05) is 6.92 Å². The highest BCUT2D eigenvalue weighted by atomic mass is 32.2. The van der Waals surface area contributed by atoms with Gasteiger partial charge in [-0.05, 0) is 44.7 Å². The quantitative estimate of drug-likeness (QED) is 0.816.